The van der Waals surface area contributed by atoms with Gasteiger partial charge in [-0.1, -0.05) is 109 Å². The van der Waals surface area contributed by atoms with Crippen molar-refractivity contribution < 1.29 is 38.1 Å². The first kappa shape index (κ1) is 38.4. The molecule has 0 saturated carbocycles. The van der Waals surface area contributed by atoms with Gasteiger partial charge in [0.2, 0.25) is 0 Å². The van der Waals surface area contributed by atoms with Gasteiger partial charge in [0.15, 0.2) is 18.4 Å². The van der Waals surface area contributed by atoms with E-state index in [1.54, 1.807) is 115 Å². The molecule has 1 fully saturated rings. The first-order valence-corrected chi connectivity index (χ1v) is 18.5. The molecule has 0 amide bonds. The van der Waals surface area contributed by atoms with Gasteiger partial charge in [0.1, 0.15) is 29.2 Å². The Morgan fingerprint density at radius 2 is 1.21 bits per heavy atom. The fraction of sp³-hybridized carbons (Fsp3) is 0.152. The van der Waals surface area contributed by atoms with Gasteiger partial charge in [-0.2, -0.15) is 5.26 Å². The predicted octanol–water partition coefficient (Wildman–Crippen LogP) is 8.95. The first-order chi connectivity index (χ1) is 27.7. The summed E-state index contributed by atoms with van der Waals surface area (Å²) in [7, 11) is 1.57. The molecule has 11 heteroatoms. The van der Waals surface area contributed by atoms with E-state index in [2.05, 4.69) is 6.07 Å². The standard InChI is InChI=1S/C46H36N2O8S/c1-29-18-20-31(21-19-29)38-26-36(30-22-24-35(52-2)25-23-30)37(27-47)43(57)48(38)42-41(56-46(51)34-16-10-5-11-17-34)40(55-45(50)33-14-8-4-9-15-33)39(54-42)28-53-44(49)32-12-6-3-7-13-32/h3-26,39-42H,28H2,1-2H3/t39-,40-,41-,42-/m1/s1. The summed E-state index contributed by atoms with van der Waals surface area (Å²) in [5, 5.41) is 10.7. The second-order valence-corrected chi connectivity index (χ2v) is 13.6. The third kappa shape index (κ3) is 8.38. The summed E-state index contributed by atoms with van der Waals surface area (Å²) >= 11 is 6.15. The molecule has 10 nitrogen and oxygen atoms in total. The Labute approximate surface area is 334 Å². The van der Waals surface area contributed by atoms with Crippen molar-refractivity contribution in [1.82, 2.24) is 4.57 Å². The molecule has 6 aromatic rings. The second kappa shape index (κ2) is 17.3. The highest BCUT2D eigenvalue weighted by atomic mass is 32.1. The number of carbonyl (C=O) groups excluding carboxylic acids is 3. The van der Waals surface area contributed by atoms with Crippen molar-refractivity contribution in [2.75, 3.05) is 13.7 Å². The molecule has 4 atom stereocenters. The van der Waals surface area contributed by atoms with E-state index >= 15 is 0 Å². The molecule has 1 aliphatic heterocycles. The monoisotopic (exact) mass is 776 g/mol. The lowest BCUT2D eigenvalue weighted by atomic mass is 9.97. The molecular weight excluding hydrogens is 741 g/mol. The van der Waals surface area contributed by atoms with Gasteiger partial charge in [-0.15, -0.1) is 0 Å². The largest absolute Gasteiger partial charge is 0.497 e. The van der Waals surface area contributed by atoms with Gasteiger partial charge >= 0.3 is 17.9 Å². The second-order valence-electron chi connectivity index (χ2n) is 13.2. The van der Waals surface area contributed by atoms with Crippen molar-refractivity contribution in [3.05, 3.63) is 178 Å². The Hall–Kier alpha value is -6.87. The average molecular weight is 777 g/mol. The molecule has 5 aromatic carbocycles. The lowest BCUT2D eigenvalue weighted by Gasteiger charge is -2.28. The Bertz CT molecular complexity index is 2480. The molecular formula is C46H36N2O8S. The average Bonchev–Trinajstić information content (AvgIpc) is 3.58. The zero-order chi connectivity index (χ0) is 39.9. The van der Waals surface area contributed by atoms with E-state index in [4.69, 9.17) is 35.9 Å². The van der Waals surface area contributed by atoms with Crippen molar-refractivity contribution in [2.45, 2.75) is 31.5 Å². The number of esters is 3. The molecule has 1 aromatic heterocycles. The topological polar surface area (TPSA) is 126 Å². The minimum absolute atomic E-state index is 0.0715. The van der Waals surface area contributed by atoms with Gasteiger partial charge in [0, 0.05) is 5.56 Å². The quantitative estimate of drug-likeness (QED) is 0.0715. The number of aryl methyl sites for hydroxylation is 1. The molecule has 57 heavy (non-hydrogen) atoms. The summed E-state index contributed by atoms with van der Waals surface area (Å²) in [6.07, 6.45) is -5.13. The Morgan fingerprint density at radius 3 is 1.74 bits per heavy atom. The smallest absolute Gasteiger partial charge is 0.338 e. The van der Waals surface area contributed by atoms with E-state index in [0.717, 1.165) is 5.56 Å². The summed E-state index contributed by atoms with van der Waals surface area (Å²) in [5.41, 5.74) is 4.41. The molecule has 0 N–H and O–H groups in total. The molecule has 0 bridgehead atoms. The molecule has 7 rings (SSSR count). The number of carbonyl (C=O) groups is 3. The maximum atomic E-state index is 13.9. The van der Waals surface area contributed by atoms with Crippen molar-refractivity contribution in [2.24, 2.45) is 0 Å². The third-order valence-corrected chi connectivity index (χ3v) is 9.94. The van der Waals surface area contributed by atoms with E-state index in [9.17, 15) is 19.6 Å². The highest BCUT2D eigenvalue weighted by molar-refractivity contribution is 7.71. The minimum Gasteiger partial charge on any atom is -0.497 e. The molecule has 0 spiro atoms. The number of hydrogen-bond donors (Lipinski definition) is 0. The van der Waals surface area contributed by atoms with Gasteiger partial charge in [-0.3, -0.25) is 0 Å². The van der Waals surface area contributed by atoms with Gasteiger partial charge in [0.05, 0.1) is 35.1 Å². The van der Waals surface area contributed by atoms with Crippen molar-refractivity contribution >= 4 is 30.1 Å². The summed E-state index contributed by atoms with van der Waals surface area (Å²) in [6.45, 7) is 1.57. The van der Waals surface area contributed by atoms with Crippen LogP contribution in [0.5, 0.6) is 5.75 Å². The number of methoxy groups -OCH3 is 1. The van der Waals surface area contributed by atoms with Crippen LogP contribution in [0.15, 0.2) is 146 Å². The van der Waals surface area contributed by atoms with Gasteiger partial charge in [0.25, 0.3) is 0 Å². The van der Waals surface area contributed by atoms with Crippen molar-refractivity contribution in [3.63, 3.8) is 0 Å². The van der Waals surface area contributed by atoms with Crippen LogP contribution >= 0.6 is 12.2 Å². The van der Waals surface area contributed by atoms with Crippen LogP contribution < -0.4 is 4.74 Å². The lowest BCUT2D eigenvalue weighted by molar-refractivity contribution is -0.0620. The minimum atomic E-state index is -1.36. The zero-order valence-corrected chi connectivity index (χ0v) is 31.8. The Kier molecular flexibility index (Phi) is 11.7. The lowest BCUT2D eigenvalue weighted by Crippen LogP contribution is -2.41. The van der Waals surface area contributed by atoms with E-state index < -0.39 is 49.1 Å². The maximum Gasteiger partial charge on any atom is 0.338 e. The summed E-state index contributed by atoms with van der Waals surface area (Å²) in [6, 6.07) is 44.1. The van der Waals surface area contributed by atoms with E-state index in [0.29, 0.717) is 33.7 Å². The molecule has 0 unspecified atom stereocenters. The number of ether oxygens (including phenoxy) is 5. The fourth-order valence-corrected chi connectivity index (χ4v) is 6.95. The van der Waals surface area contributed by atoms with Gasteiger partial charge in [-0.25, -0.2) is 14.4 Å². The van der Waals surface area contributed by atoms with Crippen LogP contribution in [-0.4, -0.2) is 54.5 Å². The summed E-state index contributed by atoms with van der Waals surface area (Å²) < 4.78 is 32.0. The number of aromatic nitrogens is 1. The number of hydrogen-bond acceptors (Lipinski definition) is 10. The molecule has 284 valence electrons. The van der Waals surface area contributed by atoms with E-state index in [1.165, 1.54) is 0 Å². The molecule has 1 aliphatic rings. The zero-order valence-electron chi connectivity index (χ0n) is 30.9. The molecule has 0 aliphatic carbocycles. The predicted molar refractivity (Wildman–Crippen MR) is 214 cm³/mol. The first-order valence-electron chi connectivity index (χ1n) is 18.1. The highest BCUT2D eigenvalue weighted by Gasteiger charge is 2.52. The fourth-order valence-electron chi connectivity index (χ4n) is 6.59. The van der Waals surface area contributed by atoms with Crippen LogP contribution in [0.25, 0.3) is 22.4 Å². The van der Waals surface area contributed by atoms with Crippen LogP contribution in [0.2, 0.25) is 0 Å². The van der Waals surface area contributed by atoms with Crippen LogP contribution in [0.3, 0.4) is 0 Å². The van der Waals surface area contributed by atoms with Crippen LogP contribution in [0.4, 0.5) is 0 Å². The summed E-state index contributed by atoms with van der Waals surface area (Å²) in [4.78, 5) is 40.9. The number of benzene rings is 5. The Balaban J connectivity index is 1.40. The van der Waals surface area contributed by atoms with Gasteiger partial charge < -0.3 is 28.3 Å². The van der Waals surface area contributed by atoms with Crippen LogP contribution in [-0.2, 0) is 18.9 Å². The SMILES string of the molecule is COc1ccc(-c2cc(-c3ccc(C)cc3)n([C@@H]3O[C@H](COC(=O)c4ccccc4)[C@@H](OC(=O)c4ccccc4)[C@H]3OC(=O)c3ccccc3)c(=S)c2C#N)cc1. The van der Waals surface area contributed by atoms with E-state index in [1.807, 2.05) is 49.4 Å². The van der Waals surface area contributed by atoms with Crippen molar-refractivity contribution in [1.29, 1.82) is 5.26 Å². The normalized spacial score (nSPS) is 17.2. The molecule has 2 heterocycles. The maximum absolute atomic E-state index is 13.9. The number of rotatable bonds is 11. The number of pyridine rings is 1. The summed E-state index contributed by atoms with van der Waals surface area (Å²) in [5.74, 6) is -1.45. The Morgan fingerprint density at radius 1 is 0.702 bits per heavy atom. The van der Waals surface area contributed by atoms with Crippen molar-refractivity contribution in [3.8, 4) is 34.2 Å². The molecule has 0 radical (unpaired) electrons. The third-order valence-electron chi connectivity index (χ3n) is 9.54. The van der Waals surface area contributed by atoms with E-state index in [-0.39, 0.29) is 21.3 Å². The van der Waals surface area contributed by atoms with Crippen LogP contribution in [0, 0.1) is 22.9 Å². The molecule has 1 saturated heterocycles. The van der Waals surface area contributed by atoms with Crippen LogP contribution in [0.1, 0.15) is 48.4 Å². The number of nitrogens with zero attached hydrogens (tertiary/aromatic N) is 2. The van der Waals surface area contributed by atoms with Gasteiger partial charge in [-0.05, 0) is 72.6 Å². The number of nitriles is 1. The highest BCUT2D eigenvalue weighted by Crippen LogP contribution is 2.41.